The molecule has 0 radical (unpaired) electrons. The number of hydrogen-bond acceptors (Lipinski definition) is 3. The summed E-state index contributed by atoms with van der Waals surface area (Å²) < 4.78 is 5.23. The van der Waals surface area contributed by atoms with E-state index in [0.29, 0.717) is 0 Å². The molecule has 1 atom stereocenters. The van der Waals surface area contributed by atoms with E-state index < -0.39 is 6.10 Å². The van der Waals surface area contributed by atoms with Crippen molar-refractivity contribution in [3.63, 3.8) is 0 Å². The van der Waals surface area contributed by atoms with Gasteiger partial charge in [-0.3, -0.25) is 0 Å². The average molecular weight is 343 g/mol. The second kappa shape index (κ2) is 10.8. The molecule has 0 fully saturated rings. The van der Waals surface area contributed by atoms with Crippen LogP contribution in [-0.4, -0.2) is 23.7 Å². The van der Waals surface area contributed by atoms with Gasteiger partial charge in [-0.1, -0.05) is 38.7 Å². The molecule has 0 spiro atoms. The molecular weight excluding hydrogens is 316 g/mol. The van der Waals surface area contributed by atoms with Crippen molar-refractivity contribution >= 4 is 24.2 Å². The van der Waals surface area contributed by atoms with Crippen LogP contribution >= 0.6 is 24.2 Å². The van der Waals surface area contributed by atoms with Crippen molar-refractivity contribution in [3.05, 3.63) is 59.3 Å². The lowest BCUT2D eigenvalue weighted by Gasteiger charge is -2.27. The van der Waals surface area contributed by atoms with Crippen LogP contribution in [0.5, 0.6) is 0 Å². The Morgan fingerprint density at radius 3 is 2.59 bits per heavy atom. The van der Waals surface area contributed by atoms with Crippen molar-refractivity contribution in [2.45, 2.75) is 33.8 Å². The molecule has 0 bridgehead atoms. The molecule has 2 nitrogen and oxygen atoms in total. The molecule has 0 heterocycles. The highest BCUT2D eigenvalue weighted by Gasteiger charge is 2.23. The number of rotatable bonds is 9. The first-order chi connectivity index (χ1) is 10.3. The summed E-state index contributed by atoms with van der Waals surface area (Å²) in [6.45, 7) is 12.4. The van der Waals surface area contributed by atoms with Crippen LogP contribution in [0, 0.1) is 5.41 Å². The summed E-state index contributed by atoms with van der Waals surface area (Å²) in [5.41, 5.74) is 1.86. The summed E-state index contributed by atoms with van der Waals surface area (Å²) >= 11 is 9.86. The van der Waals surface area contributed by atoms with E-state index in [1.165, 1.54) is 0 Å². The lowest BCUT2D eigenvalue weighted by molar-refractivity contribution is 0.0999. The second-order valence-electron chi connectivity index (χ2n) is 5.53. The molecule has 0 aromatic carbocycles. The van der Waals surface area contributed by atoms with Crippen molar-refractivity contribution in [1.82, 2.24) is 0 Å². The minimum absolute atomic E-state index is 0.159. The topological polar surface area (TPSA) is 29.5 Å². The fraction of sp³-hybridized carbons (Fsp3) is 0.444. The fourth-order valence-electron chi connectivity index (χ4n) is 1.67. The summed E-state index contributed by atoms with van der Waals surface area (Å²) in [6.07, 6.45) is 10.6. The maximum absolute atomic E-state index is 9.30. The van der Waals surface area contributed by atoms with Crippen LogP contribution in [0.15, 0.2) is 59.3 Å². The van der Waals surface area contributed by atoms with Crippen LogP contribution < -0.4 is 0 Å². The van der Waals surface area contributed by atoms with E-state index in [1.54, 1.807) is 12.3 Å². The molecule has 0 rings (SSSR count). The van der Waals surface area contributed by atoms with Gasteiger partial charge in [0.2, 0.25) is 0 Å². The number of aliphatic hydroxyl groups excluding tert-OH is 1. The lowest BCUT2D eigenvalue weighted by atomic mass is 9.77. The standard InChI is InChI=1S/C18H27ClO2S/c1-6-8-14(2)18(4,5)16(11-15(3)22)9-7-10-21-13-17(20)12-19/h6-11,17,20,22H,2,12-13H2,1,3-5H3/b8-6-,10-7+,15-11+,16-9+. The molecule has 0 aromatic heterocycles. The Bertz CT molecular complexity index is 469. The summed E-state index contributed by atoms with van der Waals surface area (Å²) in [5, 5.41) is 9.30. The Balaban J connectivity index is 5.13. The van der Waals surface area contributed by atoms with E-state index in [4.69, 9.17) is 16.3 Å². The van der Waals surface area contributed by atoms with Crippen molar-refractivity contribution in [3.8, 4) is 0 Å². The highest BCUT2D eigenvalue weighted by Crippen LogP contribution is 2.36. The van der Waals surface area contributed by atoms with E-state index in [9.17, 15) is 5.11 Å². The number of halogens is 1. The number of allylic oxidation sites excluding steroid dienone is 8. The largest absolute Gasteiger partial charge is 0.498 e. The van der Waals surface area contributed by atoms with Crippen molar-refractivity contribution in [1.29, 1.82) is 0 Å². The Morgan fingerprint density at radius 2 is 2.09 bits per heavy atom. The second-order valence-corrected chi connectivity index (χ2v) is 6.54. The number of thiol groups is 1. The van der Waals surface area contributed by atoms with Gasteiger partial charge < -0.3 is 9.84 Å². The molecule has 1 unspecified atom stereocenters. The van der Waals surface area contributed by atoms with E-state index in [-0.39, 0.29) is 17.9 Å². The average Bonchev–Trinajstić information content (AvgIpc) is 2.45. The van der Waals surface area contributed by atoms with Crippen LogP contribution in [-0.2, 0) is 4.74 Å². The van der Waals surface area contributed by atoms with Crippen molar-refractivity contribution in [2.24, 2.45) is 5.41 Å². The predicted molar refractivity (Wildman–Crippen MR) is 100 cm³/mol. The van der Waals surface area contributed by atoms with E-state index >= 15 is 0 Å². The number of aliphatic hydroxyl groups is 1. The van der Waals surface area contributed by atoms with Gasteiger partial charge in [0.25, 0.3) is 0 Å². The summed E-state index contributed by atoms with van der Waals surface area (Å²) in [5.74, 6) is 0.159. The number of hydrogen-bond donors (Lipinski definition) is 2. The molecule has 22 heavy (non-hydrogen) atoms. The Morgan fingerprint density at radius 1 is 1.45 bits per heavy atom. The van der Waals surface area contributed by atoms with E-state index in [1.807, 2.05) is 38.2 Å². The van der Waals surface area contributed by atoms with Gasteiger partial charge in [-0.2, -0.15) is 0 Å². The Kier molecular flexibility index (Phi) is 10.3. The van der Waals surface area contributed by atoms with Gasteiger partial charge in [0, 0.05) is 5.41 Å². The maximum atomic E-state index is 9.30. The molecule has 0 saturated heterocycles. The van der Waals surface area contributed by atoms with Crippen LogP contribution in [0.4, 0.5) is 0 Å². The number of ether oxygens (including phenoxy) is 1. The third-order valence-electron chi connectivity index (χ3n) is 3.17. The van der Waals surface area contributed by atoms with Crippen LogP contribution in [0.3, 0.4) is 0 Å². The first-order valence-corrected chi connectivity index (χ1v) is 8.16. The van der Waals surface area contributed by atoms with Crippen molar-refractivity contribution in [2.75, 3.05) is 12.5 Å². The first kappa shape index (κ1) is 21.1. The predicted octanol–water partition coefficient (Wildman–Crippen LogP) is 5.03. The molecule has 4 heteroatoms. The molecule has 0 aliphatic heterocycles. The summed E-state index contributed by atoms with van der Waals surface area (Å²) in [6, 6.07) is 0. The van der Waals surface area contributed by atoms with Gasteiger partial charge in [-0.15, -0.1) is 24.2 Å². The molecule has 0 amide bonds. The first-order valence-electron chi connectivity index (χ1n) is 7.18. The fourth-order valence-corrected chi connectivity index (χ4v) is 1.89. The molecule has 0 aliphatic rings. The molecule has 0 aliphatic carbocycles. The van der Waals surface area contributed by atoms with Gasteiger partial charge in [0.1, 0.15) is 12.7 Å². The van der Waals surface area contributed by atoms with Gasteiger partial charge in [0.15, 0.2) is 0 Å². The SMILES string of the molecule is C=C(/C=C\C)C(C)(C)C(/C=C(\C)S)=C/C=C/OCC(O)CCl. The third-order valence-corrected chi connectivity index (χ3v) is 3.66. The van der Waals surface area contributed by atoms with Crippen molar-refractivity contribution < 1.29 is 9.84 Å². The van der Waals surface area contributed by atoms with Gasteiger partial charge in [-0.05, 0) is 42.1 Å². The summed E-state index contributed by atoms with van der Waals surface area (Å²) in [7, 11) is 0. The highest BCUT2D eigenvalue weighted by molar-refractivity contribution is 7.84. The zero-order valence-electron chi connectivity index (χ0n) is 13.8. The molecule has 124 valence electrons. The maximum Gasteiger partial charge on any atom is 0.114 e. The monoisotopic (exact) mass is 342 g/mol. The molecular formula is C18H27ClO2S. The van der Waals surface area contributed by atoms with Gasteiger partial charge >= 0.3 is 0 Å². The number of alkyl halides is 1. The highest BCUT2D eigenvalue weighted by atomic mass is 35.5. The minimum atomic E-state index is -0.653. The van der Waals surface area contributed by atoms with Crippen LogP contribution in [0.25, 0.3) is 0 Å². The zero-order valence-corrected chi connectivity index (χ0v) is 15.5. The Labute approximate surface area is 145 Å². The zero-order chi connectivity index (χ0) is 17.2. The van der Waals surface area contributed by atoms with Gasteiger partial charge in [-0.25, -0.2) is 0 Å². The van der Waals surface area contributed by atoms with E-state index in [0.717, 1.165) is 16.1 Å². The molecule has 0 saturated carbocycles. The quantitative estimate of drug-likeness (QED) is 0.266. The normalized spacial score (nSPS) is 15.6. The van der Waals surface area contributed by atoms with Crippen LogP contribution in [0.1, 0.15) is 27.7 Å². The lowest BCUT2D eigenvalue weighted by Crippen LogP contribution is -2.15. The van der Waals surface area contributed by atoms with Crippen LogP contribution in [0.2, 0.25) is 0 Å². The summed E-state index contributed by atoms with van der Waals surface area (Å²) in [4.78, 5) is 0.916. The van der Waals surface area contributed by atoms with E-state index in [2.05, 4.69) is 33.1 Å². The molecule has 1 N–H and O–H groups in total. The van der Waals surface area contributed by atoms with Gasteiger partial charge in [0.05, 0.1) is 12.1 Å². The smallest absolute Gasteiger partial charge is 0.114 e. The Hall–Kier alpha value is -0.900. The third kappa shape index (κ3) is 7.92. The molecule has 0 aromatic rings. The minimum Gasteiger partial charge on any atom is -0.498 e.